The number of ether oxygens (including phenoxy) is 1. The second-order valence-corrected chi connectivity index (χ2v) is 7.02. The predicted octanol–water partition coefficient (Wildman–Crippen LogP) is 3.91. The van der Waals surface area contributed by atoms with Gasteiger partial charge in [-0.05, 0) is 55.5 Å². The zero-order valence-corrected chi connectivity index (χ0v) is 12.8. The van der Waals surface area contributed by atoms with Crippen molar-refractivity contribution < 1.29 is 9.13 Å². The van der Waals surface area contributed by atoms with Gasteiger partial charge in [0.2, 0.25) is 0 Å². The van der Waals surface area contributed by atoms with E-state index in [-0.39, 0.29) is 17.5 Å². The van der Waals surface area contributed by atoms with E-state index in [1.165, 1.54) is 6.07 Å². The number of benzene rings is 1. The highest BCUT2D eigenvalue weighted by molar-refractivity contribution is 7.99. The maximum absolute atomic E-state index is 13.5. The van der Waals surface area contributed by atoms with Gasteiger partial charge in [-0.15, -0.1) is 0 Å². The summed E-state index contributed by atoms with van der Waals surface area (Å²) in [5, 5.41) is 3.57. The van der Waals surface area contributed by atoms with Crippen LogP contribution in [0, 0.1) is 5.82 Å². The first-order valence-electron chi connectivity index (χ1n) is 7.52. The number of halogens is 1. The predicted molar refractivity (Wildman–Crippen MR) is 82.0 cm³/mol. The van der Waals surface area contributed by atoms with E-state index in [2.05, 4.69) is 12.2 Å². The summed E-state index contributed by atoms with van der Waals surface area (Å²) in [4.78, 5) is 0. The molecule has 20 heavy (non-hydrogen) atoms. The van der Waals surface area contributed by atoms with Crippen LogP contribution in [-0.2, 0) is 0 Å². The van der Waals surface area contributed by atoms with Crippen molar-refractivity contribution in [1.29, 1.82) is 0 Å². The van der Waals surface area contributed by atoms with Crippen molar-refractivity contribution in [3.05, 3.63) is 29.6 Å². The average Bonchev–Trinajstić information content (AvgIpc) is 2.46. The van der Waals surface area contributed by atoms with Crippen molar-refractivity contribution in [3.63, 3.8) is 0 Å². The van der Waals surface area contributed by atoms with E-state index in [1.807, 2.05) is 11.8 Å². The summed E-state index contributed by atoms with van der Waals surface area (Å²) in [6, 6.07) is 5.16. The van der Waals surface area contributed by atoms with Crippen molar-refractivity contribution in [2.24, 2.45) is 0 Å². The van der Waals surface area contributed by atoms with E-state index < -0.39 is 0 Å². The zero-order valence-electron chi connectivity index (χ0n) is 12.0. The normalized spacial score (nSPS) is 24.2. The van der Waals surface area contributed by atoms with Gasteiger partial charge in [0, 0.05) is 18.0 Å². The Kier molecular flexibility index (Phi) is 4.22. The molecule has 0 bridgehead atoms. The standard InChI is InChI=1S/C16H22FNOS/c1-2-7-18-14-11-16(5-8-20-9-6-16)19-15-4-3-12(17)10-13(14)15/h3-4,10,14,18H,2,5-9,11H2,1H3. The molecule has 1 unspecified atom stereocenters. The van der Waals surface area contributed by atoms with Gasteiger partial charge < -0.3 is 10.1 Å². The molecular weight excluding hydrogens is 273 g/mol. The summed E-state index contributed by atoms with van der Waals surface area (Å²) in [5.74, 6) is 3.03. The zero-order chi connectivity index (χ0) is 14.0. The molecule has 1 spiro atoms. The molecule has 0 aromatic heterocycles. The number of rotatable bonds is 3. The second kappa shape index (κ2) is 5.94. The number of hydrogen-bond donors (Lipinski definition) is 1. The Hall–Kier alpha value is -0.740. The van der Waals surface area contributed by atoms with Crippen LogP contribution in [0.25, 0.3) is 0 Å². The third kappa shape index (κ3) is 2.82. The lowest BCUT2D eigenvalue weighted by atomic mass is 9.83. The molecule has 0 amide bonds. The molecule has 2 aliphatic rings. The maximum atomic E-state index is 13.5. The van der Waals surface area contributed by atoms with Crippen LogP contribution in [0.3, 0.4) is 0 Å². The Morgan fingerprint density at radius 3 is 2.95 bits per heavy atom. The topological polar surface area (TPSA) is 21.3 Å². The number of hydrogen-bond acceptors (Lipinski definition) is 3. The fraction of sp³-hybridized carbons (Fsp3) is 0.625. The first-order valence-corrected chi connectivity index (χ1v) is 8.67. The number of thioether (sulfide) groups is 1. The molecule has 0 radical (unpaired) electrons. The van der Waals surface area contributed by atoms with Gasteiger partial charge in [-0.1, -0.05) is 6.92 Å². The average molecular weight is 295 g/mol. The number of nitrogens with one attached hydrogen (secondary N) is 1. The summed E-state index contributed by atoms with van der Waals surface area (Å²) in [7, 11) is 0. The van der Waals surface area contributed by atoms with E-state index in [0.717, 1.165) is 55.0 Å². The van der Waals surface area contributed by atoms with Gasteiger partial charge in [-0.2, -0.15) is 11.8 Å². The van der Waals surface area contributed by atoms with Gasteiger partial charge >= 0.3 is 0 Å². The van der Waals surface area contributed by atoms with E-state index in [9.17, 15) is 4.39 Å². The van der Waals surface area contributed by atoms with Crippen LogP contribution < -0.4 is 10.1 Å². The lowest BCUT2D eigenvalue weighted by molar-refractivity contribution is 0.0224. The summed E-state index contributed by atoms with van der Waals surface area (Å²) in [5.41, 5.74) is 0.948. The van der Waals surface area contributed by atoms with Crippen LogP contribution in [0.2, 0.25) is 0 Å². The number of fused-ring (bicyclic) bond motifs is 1. The van der Waals surface area contributed by atoms with Gasteiger partial charge in [-0.3, -0.25) is 0 Å². The maximum Gasteiger partial charge on any atom is 0.125 e. The first-order chi connectivity index (χ1) is 9.72. The smallest absolute Gasteiger partial charge is 0.125 e. The van der Waals surface area contributed by atoms with Crippen LogP contribution >= 0.6 is 11.8 Å². The Balaban J connectivity index is 1.90. The highest BCUT2D eigenvalue weighted by Crippen LogP contribution is 2.45. The van der Waals surface area contributed by atoms with Crippen molar-refractivity contribution in [2.75, 3.05) is 18.1 Å². The van der Waals surface area contributed by atoms with Crippen molar-refractivity contribution in [3.8, 4) is 5.75 Å². The molecule has 1 atom stereocenters. The Bertz CT molecular complexity index is 474. The SMILES string of the molecule is CCCNC1CC2(CCSCC2)Oc2ccc(F)cc21. The van der Waals surface area contributed by atoms with Gasteiger partial charge in [0.15, 0.2) is 0 Å². The molecule has 3 rings (SSSR count). The summed E-state index contributed by atoms with van der Waals surface area (Å²) < 4.78 is 19.8. The van der Waals surface area contributed by atoms with Crippen molar-refractivity contribution in [2.45, 2.75) is 44.2 Å². The monoisotopic (exact) mass is 295 g/mol. The highest BCUT2D eigenvalue weighted by atomic mass is 32.2. The molecule has 1 fully saturated rings. The highest BCUT2D eigenvalue weighted by Gasteiger charge is 2.41. The van der Waals surface area contributed by atoms with Gasteiger partial charge in [0.05, 0.1) is 0 Å². The van der Waals surface area contributed by atoms with Gasteiger partial charge in [-0.25, -0.2) is 4.39 Å². The second-order valence-electron chi connectivity index (χ2n) is 5.79. The van der Waals surface area contributed by atoms with E-state index in [1.54, 1.807) is 12.1 Å². The minimum atomic E-state index is -0.175. The molecule has 1 aromatic rings. The summed E-state index contributed by atoms with van der Waals surface area (Å²) in [6.45, 7) is 3.12. The Morgan fingerprint density at radius 1 is 1.40 bits per heavy atom. The fourth-order valence-electron chi connectivity index (χ4n) is 3.19. The molecule has 1 saturated heterocycles. The molecule has 2 nitrogen and oxygen atoms in total. The van der Waals surface area contributed by atoms with Crippen LogP contribution in [-0.4, -0.2) is 23.7 Å². The van der Waals surface area contributed by atoms with Crippen LogP contribution in [0.4, 0.5) is 4.39 Å². The largest absolute Gasteiger partial charge is 0.487 e. The van der Waals surface area contributed by atoms with Crippen LogP contribution in [0.5, 0.6) is 5.75 Å². The minimum absolute atomic E-state index is 0.0402. The lowest BCUT2D eigenvalue weighted by Gasteiger charge is -2.44. The molecule has 0 saturated carbocycles. The molecule has 110 valence electrons. The van der Waals surface area contributed by atoms with Crippen molar-refractivity contribution in [1.82, 2.24) is 5.32 Å². The minimum Gasteiger partial charge on any atom is -0.487 e. The lowest BCUT2D eigenvalue weighted by Crippen LogP contribution is -2.46. The molecule has 2 heterocycles. The molecule has 4 heteroatoms. The molecular formula is C16H22FNOS. The summed E-state index contributed by atoms with van der Waals surface area (Å²) in [6.07, 6.45) is 4.24. The Labute approximate surface area is 124 Å². The molecule has 2 aliphatic heterocycles. The summed E-state index contributed by atoms with van der Waals surface area (Å²) >= 11 is 2.00. The van der Waals surface area contributed by atoms with Crippen molar-refractivity contribution >= 4 is 11.8 Å². The van der Waals surface area contributed by atoms with E-state index in [4.69, 9.17) is 4.74 Å². The van der Waals surface area contributed by atoms with Gasteiger partial charge in [0.25, 0.3) is 0 Å². The van der Waals surface area contributed by atoms with Gasteiger partial charge in [0.1, 0.15) is 17.2 Å². The third-order valence-electron chi connectivity index (χ3n) is 4.29. The Morgan fingerprint density at radius 2 is 2.20 bits per heavy atom. The van der Waals surface area contributed by atoms with Crippen LogP contribution in [0.15, 0.2) is 18.2 Å². The van der Waals surface area contributed by atoms with E-state index in [0.29, 0.717) is 0 Å². The third-order valence-corrected chi connectivity index (χ3v) is 5.28. The first kappa shape index (κ1) is 14.2. The fourth-order valence-corrected chi connectivity index (χ4v) is 4.43. The molecule has 1 N–H and O–H groups in total. The molecule has 1 aromatic carbocycles. The van der Waals surface area contributed by atoms with Crippen LogP contribution in [0.1, 0.15) is 44.2 Å². The quantitative estimate of drug-likeness (QED) is 0.913. The van der Waals surface area contributed by atoms with E-state index >= 15 is 0 Å². The molecule has 0 aliphatic carbocycles.